The highest BCUT2D eigenvalue weighted by molar-refractivity contribution is 6.74. The normalized spacial score (nSPS) is 24.0. The molecule has 0 saturated carbocycles. The van der Waals surface area contributed by atoms with Gasteiger partial charge in [0.1, 0.15) is 0 Å². The molecule has 0 spiro atoms. The van der Waals surface area contributed by atoms with Crippen molar-refractivity contribution in [3.05, 3.63) is 0 Å². The van der Waals surface area contributed by atoms with Crippen molar-refractivity contribution in [2.45, 2.75) is 70.9 Å². The van der Waals surface area contributed by atoms with E-state index in [0.29, 0.717) is 17.2 Å². The van der Waals surface area contributed by atoms with E-state index in [1.165, 1.54) is 0 Å². The van der Waals surface area contributed by atoms with Crippen LogP contribution in [-0.2, 0) is 9.16 Å². The first-order valence-electron chi connectivity index (χ1n) is 6.02. The van der Waals surface area contributed by atoms with Gasteiger partial charge in [0.25, 0.3) is 0 Å². The SMILES string of the molecule is C[C@H](CCC1CO1)O[Si](C)(C)C(C)(C)C. The molecule has 1 saturated heterocycles. The highest BCUT2D eigenvalue weighted by atomic mass is 28.4. The van der Waals surface area contributed by atoms with Crippen LogP contribution in [0, 0.1) is 0 Å². The van der Waals surface area contributed by atoms with Gasteiger partial charge in [0.15, 0.2) is 8.32 Å². The van der Waals surface area contributed by atoms with E-state index in [2.05, 4.69) is 40.8 Å². The van der Waals surface area contributed by atoms with Crippen LogP contribution in [0.25, 0.3) is 0 Å². The summed E-state index contributed by atoms with van der Waals surface area (Å²) >= 11 is 0. The maximum atomic E-state index is 6.26. The molecule has 90 valence electrons. The summed E-state index contributed by atoms with van der Waals surface area (Å²) < 4.78 is 11.5. The maximum absolute atomic E-state index is 6.26. The van der Waals surface area contributed by atoms with Crippen molar-refractivity contribution in [3.8, 4) is 0 Å². The van der Waals surface area contributed by atoms with Gasteiger partial charge in [0.2, 0.25) is 0 Å². The predicted octanol–water partition coefficient (Wildman–Crippen LogP) is 3.58. The van der Waals surface area contributed by atoms with Gasteiger partial charge in [0.05, 0.1) is 12.7 Å². The summed E-state index contributed by atoms with van der Waals surface area (Å²) in [6, 6.07) is 0. The molecule has 1 rings (SSSR count). The zero-order valence-electron chi connectivity index (χ0n) is 11.1. The third-order valence-electron chi connectivity index (χ3n) is 3.60. The zero-order chi connectivity index (χ0) is 11.7. The van der Waals surface area contributed by atoms with E-state index in [1.807, 2.05) is 0 Å². The molecule has 0 amide bonds. The van der Waals surface area contributed by atoms with Crippen LogP contribution in [0.4, 0.5) is 0 Å². The minimum absolute atomic E-state index is 0.317. The molecule has 1 aliphatic rings. The van der Waals surface area contributed by atoms with E-state index in [0.717, 1.165) is 19.4 Å². The van der Waals surface area contributed by atoms with Crippen molar-refractivity contribution < 1.29 is 9.16 Å². The second-order valence-corrected chi connectivity index (χ2v) is 11.0. The summed E-state index contributed by atoms with van der Waals surface area (Å²) in [7, 11) is -1.56. The first kappa shape index (κ1) is 13.2. The average Bonchev–Trinajstić information content (AvgIpc) is 2.80. The lowest BCUT2D eigenvalue weighted by atomic mass is 10.2. The van der Waals surface area contributed by atoms with Gasteiger partial charge < -0.3 is 9.16 Å². The molecule has 1 heterocycles. The highest BCUT2D eigenvalue weighted by Gasteiger charge is 2.38. The Labute approximate surface area is 95.5 Å². The highest BCUT2D eigenvalue weighted by Crippen LogP contribution is 2.37. The average molecular weight is 230 g/mol. The van der Waals surface area contributed by atoms with Gasteiger partial charge >= 0.3 is 0 Å². The van der Waals surface area contributed by atoms with Crippen LogP contribution in [0.3, 0.4) is 0 Å². The van der Waals surface area contributed by atoms with Crippen LogP contribution >= 0.6 is 0 Å². The number of ether oxygens (including phenoxy) is 1. The summed E-state index contributed by atoms with van der Waals surface area (Å²) in [6.07, 6.45) is 3.22. The van der Waals surface area contributed by atoms with Crippen molar-refractivity contribution in [3.63, 3.8) is 0 Å². The van der Waals surface area contributed by atoms with Crippen molar-refractivity contribution in [1.82, 2.24) is 0 Å². The number of rotatable bonds is 5. The topological polar surface area (TPSA) is 21.8 Å². The molecule has 0 N–H and O–H groups in total. The van der Waals surface area contributed by atoms with Gasteiger partial charge in [-0.25, -0.2) is 0 Å². The third kappa shape index (κ3) is 4.25. The number of hydrogen-bond donors (Lipinski definition) is 0. The zero-order valence-corrected chi connectivity index (χ0v) is 12.1. The first-order valence-corrected chi connectivity index (χ1v) is 8.92. The van der Waals surface area contributed by atoms with Crippen LogP contribution < -0.4 is 0 Å². The van der Waals surface area contributed by atoms with Gasteiger partial charge in [-0.1, -0.05) is 20.8 Å². The fourth-order valence-electron chi connectivity index (χ4n) is 1.39. The minimum Gasteiger partial charge on any atom is -0.414 e. The van der Waals surface area contributed by atoms with Gasteiger partial charge in [-0.2, -0.15) is 0 Å². The van der Waals surface area contributed by atoms with E-state index in [-0.39, 0.29) is 0 Å². The van der Waals surface area contributed by atoms with Gasteiger partial charge in [0, 0.05) is 6.10 Å². The second-order valence-electron chi connectivity index (χ2n) is 6.22. The Morgan fingerprint density at radius 1 is 1.40 bits per heavy atom. The smallest absolute Gasteiger partial charge is 0.192 e. The first-order chi connectivity index (χ1) is 6.72. The Kier molecular flexibility index (Phi) is 4.01. The fourth-order valence-corrected chi connectivity index (χ4v) is 2.87. The maximum Gasteiger partial charge on any atom is 0.192 e. The Balaban J connectivity index is 2.31. The summed E-state index contributed by atoms with van der Waals surface area (Å²) in [5.74, 6) is 0. The molecule has 1 aliphatic heterocycles. The quantitative estimate of drug-likeness (QED) is 0.532. The Morgan fingerprint density at radius 2 is 1.93 bits per heavy atom. The molecule has 0 aromatic rings. The number of epoxide rings is 1. The minimum atomic E-state index is -1.56. The van der Waals surface area contributed by atoms with E-state index in [1.54, 1.807) is 0 Å². The lowest BCUT2D eigenvalue weighted by Crippen LogP contribution is -2.43. The third-order valence-corrected chi connectivity index (χ3v) is 8.20. The molecule has 0 aliphatic carbocycles. The van der Waals surface area contributed by atoms with Gasteiger partial charge in [-0.3, -0.25) is 0 Å². The molecule has 0 radical (unpaired) electrons. The molecule has 0 bridgehead atoms. The summed E-state index contributed by atoms with van der Waals surface area (Å²) in [4.78, 5) is 0. The predicted molar refractivity (Wildman–Crippen MR) is 66.7 cm³/mol. The molecule has 15 heavy (non-hydrogen) atoms. The lowest BCUT2D eigenvalue weighted by molar-refractivity contribution is 0.182. The summed E-state index contributed by atoms with van der Waals surface area (Å²) in [5.41, 5.74) is 0. The fraction of sp³-hybridized carbons (Fsp3) is 1.00. The molecule has 2 atom stereocenters. The van der Waals surface area contributed by atoms with Crippen LogP contribution in [0.5, 0.6) is 0 Å². The molecule has 1 unspecified atom stereocenters. The molecule has 2 nitrogen and oxygen atoms in total. The van der Waals surface area contributed by atoms with E-state index in [9.17, 15) is 0 Å². The Hall–Kier alpha value is 0.137. The van der Waals surface area contributed by atoms with Crippen molar-refractivity contribution >= 4 is 8.32 Å². The standard InChI is InChI=1S/C12H26O2Si/c1-10(7-8-11-9-13-11)14-15(5,6)12(2,3)4/h10-11H,7-9H2,1-6H3/t10-,11?/m1/s1. The number of hydrogen-bond acceptors (Lipinski definition) is 2. The molecule has 3 heteroatoms. The molecule has 1 fully saturated rings. The van der Waals surface area contributed by atoms with Crippen LogP contribution in [-0.4, -0.2) is 27.1 Å². The lowest BCUT2D eigenvalue weighted by Gasteiger charge is -2.38. The Bertz CT molecular complexity index is 204. The van der Waals surface area contributed by atoms with E-state index < -0.39 is 8.32 Å². The van der Waals surface area contributed by atoms with Gasteiger partial charge in [-0.15, -0.1) is 0 Å². The van der Waals surface area contributed by atoms with E-state index >= 15 is 0 Å². The molecule has 0 aromatic carbocycles. The van der Waals surface area contributed by atoms with Crippen molar-refractivity contribution in [2.24, 2.45) is 0 Å². The van der Waals surface area contributed by atoms with Crippen molar-refractivity contribution in [2.75, 3.05) is 6.61 Å². The van der Waals surface area contributed by atoms with Crippen LogP contribution in [0.1, 0.15) is 40.5 Å². The van der Waals surface area contributed by atoms with E-state index in [4.69, 9.17) is 9.16 Å². The molecule has 0 aromatic heterocycles. The largest absolute Gasteiger partial charge is 0.414 e. The summed E-state index contributed by atoms with van der Waals surface area (Å²) in [5, 5.41) is 0.317. The molecular formula is C12H26O2Si. The summed E-state index contributed by atoms with van der Waals surface area (Å²) in [6.45, 7) is 14.7. The second kappa shape index (κ2) is 4.56. The monoisotopic (exact) mass is 230 g/mol. The Morgan fingerprint density at radius 3 is 2.33 bits per heavy atom. The van der Waals surface area contributed by atoms with Gasteiger partial charge in [-0.05, 0) is 37.9 Å². The van der Waals surface area contributed by atoms with Crippen LogP contribution in [0.15, 0.2) is 0 Å². The van der Waals surface area contributed by atoms with Crippen LogP contribution in [0.2, 0.25) is 18.1 Å². The van der Waals surface area contributed by atoms with Crippen molar-refractivity contribution in [1.29, 1.82) is 0 Å². The molecular weight excluding hydrogens is 204 g/mol.